The summed E-state index contributed by atoms with van der Waals surface area (Å²) in [6.45, 7) is 3.82. The van der Waals surface area contributed by atoms with Gasteiger partial charge >= 0.3 is 0 Å². The van der Waals surface area contributed by atoms with Crippen molar-refractivity contribution in [1.82, 2.24) is 0 Å². The quantitative estimate of drug-likeness (QED) is 0.574. The Morgan fingerprint density at radius 2 is 1.05 bits per heavy atom. The molecular formula is C19H20O2. The molecule has 0 fully saturated rings. The zero-order valence-corrected chi connectivity index (χ0v) is 12.5. The third-order valence-corrected chi connectivity index (χ3v) is 4.15. The van der Waals surface area contributed by atoms with Crippen molar-refractivity contribution in [2.75, 3.05) is 0 Å². The van der Waals surface area contributed by atoms with Crippen molar-refractivity contribution < 1.29 is 9.59 Å². The van der Waals surface area contributed by atoms with E-state index in [0.717, 1.165) is 0 Å². The predicted molar refractivity (Wildman–Crippen MR) is 84.6 cm³/mol. The van der Waals surface area contributed by atoms with Crippen LogP contribution in [0.3, 0.4) is 0 Å². The Morgan fingerprint density at radius 1 is 0.714 bits per heavy atom. The lowest BCUT2D eigenvalue weighted by Gasteiger charge is -2.28. The summed E-state index contributed by atoms with van der Waals surface area (Å²) in [6.07, 6.45) is 1.01. The Morgan fingerprint density at radius 3 is 1.33 bits per heavy atom. The van der Waals surface area contributed by atoms with Gasteiger partial charge in [-0.2, -0.15) is 0 Å². The highest BCUT2D eigenvalue weighted by atomic mass is 16.2. The fourth-order valence-electron chi connectivity index (χ4n) is 2.73. The molecule has 2 nitrogen and oxygen atoms in total. The van der Waals surface area contributed by atoms with E-state index in [4.69, 9.17) is 0 Å². The molecule has 2 heteroatoms. The lowest BCUT2D eigenvalue weighted by molar-refractivity contribution is 0.0646. The predicted octanol–water partition coefficient (Wildman–Crippen LogP) is 4.56. The highest BCUT2D eigenvalue weighted by molar-refractivity contribution is 6.19. The summed E-state index contributed by atoms with van der Waals surface area (Å²) in [5.74, 6) is -0.163. The molecule has 0 aliphatic carbocycles. The van der Waals surface area contributed by atoms with Gasteiger partial charge in [0.2, 0.25) is 0 Å². The third-order valence-electron chi connectivity index (χ3n) is 4.15. The van der Waals surface area contributed by atoms with Crippen molar-refractivity contribution in [3.05, 3.63) is 71.8 Å². The number of rotatable bonds is 6. The van der Waals surface area contributed by atoms with E-state index in [1.54, 1.807) is 24.3 Å². The fraction of sp³-hybridized carbons (Fsp3) is 0.263. The van der Waals surface area contributed by atoms with Crippen molar-refractivity contribution >= 4 is 11.6 Å². The monoisotopic (exact) mass is 280 g/mol. The molecule has 0 aliphatic rings. The molecule has 0 saturated heterocycles. The van der Waals surface area contributed by atoms with Crippen molar-refractivity contribution in [3.8, 4) is 0 Å². The van der Waals surface area contributed by atoms with E-state index in [0.29, 0.717) is 24.0 Å². The van der Waals surface area contributed by atoms with E-state index >= 15 is 0 Å². The van der Waals surface area contributed by atoms with Gasteiger partial charge in [0.05, 0.1) is 5.41 Å². The number of ketones is 2. The second-order valence-corrected chi connectivity index (χ2v) is 5.18. The molecule has 0 heterocycles. The number of benzene rings is 2. The summed E-state index contributed by atoms with van der Waals surface area (Å²) in [7, 11) is 0. The van der Waals surface area contributed by atoms with Gasteiger partial charge in [-0.15, -0.1) is 0 Å². The van der Waals surface area contributed by atoms with Gasteiger partial charge in [0.25, 0.3) is 0 Å². The van der Waals surface area contributed by atoms with Crippen LogP contribution in [0.15, 0.2) is 60.7 Å². The van der Waals surface area contributed by atoms with Crippen LogP contribution in [0.5, 0.6) is 0 Å². The number of carbonyl (C=O) groups excluding carboxylic acids is 2. The Kier molecular flexibility index (Phi) is 4.69. The molecule has 0 unspecified atom stereocenters. The van der Waals surface area contributed by atoms with E-state index in [1.165, 1.54) is 0 Å². The molecule has 0 N–H and O–H groups in total. The summed E-state index contributed by atoms with van der Waals surface area (Å²) in [5.41, 5.74) is 0.235. The topological polar surface area (TPSA) is 34.1 Å². The molecule has 0 amide bonds. The van der Waals surface area contributed by atoms with Gasteiger partial charge in [0, 0.05) is 11.1 Å². The van der Waals surface area contributed by atoms with Crippen molar-refractivity contribution in [2.45, 2.75) is 26.7 Å². The van der Waals surface area contributed by atoms with E-state index in [2.05, 4.69) is 0 Å². The van der Waals surface area contributed by atoms with Gasteiger partial charge in [-0.05, 0) is 12.8 Å². The normalized spacial score (nSPS) is 11.1. The number of carbonyl (C=O) groups is 2. The Hall–Kier alpha value is -2.22. The van der Waals surface area contributed by atoms with Gasteiger partial charge < -0.3 is 0 Å². The standard InChI is InChI=1S/C19H20O2/c1-3-19(4-2,17(20)15-11-7-5-8-12-15)18(21)16-13-9-6-10-14-16/h5-14H,3-4H2,1-2H3. The molecule has 2 aromatic rings. The first kappa shape index (κ1) is 15.2. The summed E-state index contributed by atoms with van der Waals surface area (Å²) < 4.78 is 0. The van der Waals surface area contributed by atoms with Crippen LogP contribution >= 0.6 is 0 Å². The average molecular weight is 280 g/mol. The van der Waals surface area contributed by atoms with Crippen LogP contribution in [0.1, 0.15) is 47.4 Å². The van der Waals surface area contributed by atoms with Gasteiger partial charge in [-0.25, -0.2) is 0 Å². The lowest BCUT2D eigenvalue weighted by atomic mass is 9.70. The number of hydrogen-bond acceptors (Lipinski definition) is 2. The zero-order valence-electron chi connectivity index (χ0n) is 12.5. The molecule has 0 spiro atoms. The molecule has 21 heavy (non-hydrogen) atoms. The largest absolute Gasteiger partial charge is 0.293 e. The first-order valence-corrected chi connectivity index (χ1v) is 7.35. The van der Waals surface area contributed by atoms with Crippen LogP contribution in [0.2, 0.25) is 0 Å². The molecule has 2 aromatic carbocycles. The van der Waals surface area contributed by atoms with Crippen molar-refractivity contribution in [3.63, 3.8) is 0 Å². The van der Waals surface area contributed by atoms with Gasteiger partial charge in [0.1, 0.15) is 0 Å². The Balaban J connectivity index is 2.46. The molecular weight excluding hydrogens is 260 g/mol. The smallest absolute Gasteiger partial charge is 0.176 e. The molecule has 0 saturated carbocycles. The molecule has 2 rings (SSSR count). The summed E-state index contributed by atoms with van der Waals surface area (Å²) in [4.78, 5) is 25.8. The Bertz CT molecular complexity index is 557. The lowest BCUT2D eigenvalue weighted by Crippen LogP contribution is -2.38. The molecule has 0 bridgehead atoms. The maximum atomic E-state index is 12.9. The highest BCUT2D eigenvalue weighted by Crippen LogP contribution is 2.34. The van der Waals surface area contributed by atoms with Crippen LogP contribution in [-0.2, 0) is 0 Å². The van der Waals surface area contributed by atoms with Crippen LogP contribution < -0.4 is 0 Å². The molecule has 108 valence electrons. The van der Waals surface area contributed by atoms with Crippen LogP contribution in [0.4, 0.5) is 0 Å². The SMILES string of the molecule is CCC(CC)(C(=O)c1ccccc1)C(=O)c1ccccc1. The fourth-order valence-corrected chi connectivity index (χ4v) is 2.73. The minimum absolute atomic E-state index is 0.0815. The minimum Gasteiger partial charge on any atom is -0.293 e. The second kappa shape index (κ2) is 6.49. The van der Waals surface area contributed by atoms with Crippen molar-refractivity contribution in [2.24, 2.45) is 5.41 Å². The first-order valence-electron chi connectivity index (χ1n) is 7.35. The van der Waals surface area contributed by atoms with Crippen LogP contribution in [0, 0.1) is 5.41 Å². The number of Topliss-reactive ketones (excluding diaryl/α,β-unsaturated/α-hetero) is 2. The summed E-state index contributed by atoms with van der Waals surface area (Å²) >= 11 is 0. The summed E-state index contributed by atoms with van der Waals surface area (Å²) in [5, 5.41) is 0. The van der Waals surface area contributed by atoms with Gasteiger partial charge in [0.15, 0.2) is 11.6 Å². The van der Waals surface area contributed by atoms with Crippen LogP contribution in [0.25, 0.3) is 0 Å². The maximum absolute atomic E-state index is 12.9. The van der Waals surface area contributed by atoms with E-state index in [1.807, 2.05) is 50.2 Å². The maximum Gasteiger partial charge on any atom is 0.176 e. The first-order chi connectivity index (χ1) is 10.2. The average Bonchev–Trinajstić information content (AvgIpc) is 2.57. The minimum atomic E-state index is -0.970. The number of hydrogen-bond donors (Lipinski definition) is 0. The molecule has 0 radical (unpaired) electrons. The zero-order chi connectivity index (χ0) is 15.3. The third kappa shape index (κ3) is 2.80. The highest BCUT2D eigenvalue weighted by Gasteiger charge is 2.42. The van der Waals surface area contributed by atoms with Gasteiger partial charge in [-0.3, -0.25) is 9.59 Å². The summed E-state index contributed by atoms with van der Waals surface area (Å²) in [6, 6.07) is 18.2. The molecule has 0 aliphatic heterocycles. The molecule has 0 atom stereocenters. The van der Waals surface area contributed by atoms with Gasteiger partial charge in [-0.1, -0.05) is 74.5 Å². The van der Waals surface area contributed by atoms with Crippen LogP contribution in [-0.4, -0.2) is 11.6 Å². The van der Waals surface area contributed by atoms with E-state index in [-0.39, 0.29) is 11.6 Å². The van der Waals surface area contributed by atoms with E-state index in [9.17, 15) is 9.59 Å². The second-order valence-electron chi connectivity index (χ2n) is 5.18. The van der Waals surface area contributed by atoms with Crippen molar-refractivity contribution in [1.29, 1.82) is 0 Å². The Labute approximate surface area is 125 Å². The molecule has 0 aromatic heterocycles. The van der Waals surface area contributed by atoms with E-state index < -0.39 is 5.41 Å².